The summed E-state index contributed by atoms with van der Waals surface area (Å²) in [7, 11) is -1.93. The molecule has 1 saturated carbocycles. The number of sulfonamides is 1. The number of hydrogen-bond donors (Lipinski definition) is 2. The van der Waals surface area contributed by atoms with Gasteiger partial charge in [0.1, 0.15) is 11.8 Å². The van der Waals surface area contributed by atoms with Crippen molar-refractivity contribution in [2.75, 3.05) is 13.7 Å². The number of benzene rings is 3. The lowest BCUT2D eigenvalue weighted by Crippen LogP contribution is -2.50. The second-order valence-corrected chi connectivity index (χ2v) is 12.5. The zero-order valence-corrected chi connectivity index (χ0v) is 25.2. The van der Waals surface area contributed by atoms with Crippen molar-refractivity contribution >= 4 is 21.8 Å². The summed E-state index contributed by atoms with van der Waals surface area (Å²) >= 11 is 0. The molecule has 9 heteroatoms. The molecule has 2 amide bonds. The minimum absolute atomic E-state index is 0.0342. The van der Waals surface area contributed by atoms with Gasteiger partial charge in [0, 0.05) is 32.0 Å². The minimum Gasteiger partial charge on any atom is -0.497 e. The molecule has 8 nitrogen and oxygen atoms in total. The molecule has 0 unspecified atom stereocenters. The first-order valence-corrected chi connectivity index (χ1v) is 16.1. The average Bonchev–Trinajstić information content (AvgIpc) is 3.82. The molecule has 0 aromatic heterocycles. The first-order chi connectivity index (χ1) is 20.3. The molecule has 0 aliphatic heterocycles. The van der Waals surface area contributed by atoms with Gasteiger partial charge in [-0.1, -0.05) is 67.9 Å². The van der Waals surface area contributed by atoms with Gasteiger partial charge < -0.3 is 15.0 Å². The Morgan fingerprint density at radius 1 is 0.929 bits per heavy atom. The van der Waals surface area contributed by atoms with Crippen molar-refractivity contribution < 1.29 is 22.7 Å². The van der Waals surface area contributed by atoms with E-state index in [0.29, 0.717) is 25.1 Å². The molecule has 1 fully saturated rings. The Morgan fingerprint density at radius 3 is 2.21 bits per heavy atom. The highest BCUT2D eigenvalue weighted by Gasteiger charge is 2.30. The van der Waals surface area contributed by atoms with Crippen LogP contribution in [0.25, 0.3) is 0 Å². The Bertz CT molecular complexity index is 1410. The minimum atomic E-state index is -3.54. The number of ether oxygens (including phenoxy) is 1. The second-order valence-electron chi connectivity index (χ2n) is 10.8. The summed E-state index contributed by atoms with van der Waals surface area (Å²) in [5.74, 6) is 0.393. The van der Waals surface area contributed by atoms with Crippen molar-refractivity contribution in [1.29, 1.82) is 0 Å². The van der Waals surface area contributed by atoms with Gasteiger partial charge >= 0.3 is 0 Å². The van der Waals surface area contributed by atoms with Gasteiger partial charge in [-0.05, 0) is 66.6 Å². The SMILES string of the molecule is CCCCNC(=O)[C@H](Cc1ccccc1)N(Cc1ccc(OC)cc1)C(=O)CCc1ccc(S(=O)(=O)NC2CC2)cc1. The second kappa shape index (κ2) is 15.0. The Morgan fingerprint density at radius 2 is 1.60 bits per heavy atom. The number of rotatable bonds is 16. The smallest absolute Gasteiger partial charge is 0.243 e. The third kappa shape index (κ3) is 9.16. The van der Waals surface area contributed by atoms with Gasteiger partial charge in [-0.25, -0.2) is 13.1 Å². The van der Waals surface area contributed by atoms with Crippen LogP contribution < -0.4 is 14.8 Å². The van der Waals surface area contributed by atoms with E-state index in [1.165, 1.54) is 0 Å². The van der Waals surface area contributed by atoms with Gasteiger partial charge in [-0.15, -0.1) is 0 Å². The Labute approximate surface area is 249 Å². The summed E-state index contributed by atoms with van der Waals surface area (Å²) in [6.07, 6.45) is 4.54. The number of nitrogens with one attached hydrogen (secondary N) is 2. The van der Waals surface area contributed by atoms with Gasteiger partial charge in [0.05, 0.1) is 12.0 Å². The van der Waals surface area contributed by atoms with Gasteiger partial charge in [-0.3, -0.25) is 9.59 Å². The lowest BCUT2D eigenvalue weighted by Gasteiger charge is -2.32. The van der Waals surface area contributed by atoms with Crippen molar-refractivity contribution in [3.8, 4) is 5.75 Å². The van der Waals surface area contributed by atoms with Crippen LogP contribution in [-0.2, 0) is 39.0 Å². The molecule has 0 saturated heterocycles. The summed E-state index contributed by atoms with van der Waals surface area (Å²) in [5, 5.41) is 3.04. The van der Waals surface area contributed by atoms with Crippen LogP contribution in [0.2, 0.25) is 0 Å². The van der Waals surface area contributed by atoms with Crippen LogP contribution in [0.3, 0.4) is 0 Å². The number of methoxy groups -OCH3 is 1. The summed E-state index contributed by atoms with van der Waals surface area (Å²) in [4.78, 5) is 29.3. The van der Waals surface area contributed by atoms with E-state index in [4.69, 9.17) is 4.74 Å². The van der Waals surface area contributed by atoms with E-state index < -0.39 is 16.1 Å². The number of nitrogens with zero attached hydrogens (tertiary/aromatic N) is 1. The molecule has 4 rings (SSSR count). The third-order valence-corrected chi connectivity index (χ3v) is 8.91. The summed E-state index contributed by atoms with van der Waals surface area (Å²) in [6, 6.07) is 23.2. The third-order valence-electron chi connectivity index (χ3n) is 7.37. The first-order valence-electron chi connectivity index (χ1n) is 14.6. The van der Waals surface area contributed by atoms with Crippen molar-refractivity contribution in [2.45, 2.75) is 75.4 Å². The fourth-order valence-electron chi connectivity index (χ4n) is 4.71. The van der Waals surface area contributed by atoms with E-state index in [1.54, 1.807) is 36.3 Å². The van der Waals surface area contributed by atoms with Crippen molar-refractivity contribution in [3.05, 3.63) is 95.6 Å². The molecular weight excluding hydrogens is 550 g/mol. The van der Waals surface area contributed by atoms with Crippen LogP contribution in [0.4, 0.5) is 0 Å². The van der Waals surface area contributed by atoms with Crippen molar-refractivity contribution in [1.82, 2.24) is 14.9 Å². The lowest BCUT2D eigenvalue weighted by atomic mass is 10.0. The Hall–Kier alpha value is -3.69. The molecule has 3 aromatic rings. The van der Waals surface area contributed by atoms with E-state index in [1.807, 2.05) is 54.6 Å². The van der Waals surface area contributed by atoms with Crippen molar-refractivity contribution in [3.63, 3.8) is 0 Å². The van der Waals surface area contributed by atoms with Crippen LogP contribution in [0, 0.1) is 0 Å². The summed E-state index contributed by atoms with van der Waals surface area (Å²) in [5.41, 5.74) is 2.71. The molecule has 0 spiro atoms. The van der Waals surface area contributed by atoms with Gasteiger partial charge in [0.25, 0.3) is 0 Å². The molecule has 1 atom stereocenters. The molecule has 3 aromatic carbocycles. The van der Waals surface area contributed by atoms with Crippen LogP contribution in [0.1, 0.15) is 55.7 Å². The maximum absolute atomic E-state index is 13.9. The fourth-order valence-corrected chi connectivity index (χ4v) is 6.01. The molecule has 42 heavy (non-hydrogen) atoms. The fraction of sp³-hybridized carbons (Fsp3) is 0.394. The molecule has 1 aliphatic carbocycles. The van der Waals surface area contributed by atoms with E-state index in [-0.39, 0.29) is 35.7 Å². The standard InChI is InChI=1S/C33H41N3O5S/c1-3-4-22-34-33(38)31(23-26-8-6-5-7-9-26)36(24-27-10-17-29(41-2)18-11-27)32(37)21-14-25-12-19-30(20-13-25)42(39,40)35-28-15-16-28/h5-13,17-20,28,31,35H,3-4,14-16,21-24H2,1-2H3,(H,34,38)/t31-/m0/s1. The molecule has 0 radical (unpaired) electrons. The zero-order chi connectivity index (χ0) is 30.0. The molecule has 0 heterocycles. The maximum atomic E-state index is 13.9. The zero-order valence-electron chi connectivity index (χ0n) is 24.4. The Balaban J connectivity index is 1.54. The average molecular weight is 592 g/mol. The normalized spacial score (nSPS) is 13.8. The van der Waals surface area contributed by atoms with Crippen LogP contribution in [0.5, 0.6) is 5.75 Å². The number of aryl methyl sites for hydroxylation is 1. The lowest BCUT2D eigenvalue weighted by molar-refractivity contribution is -0.141. The monoisotopic (exact) mass is 591 g/mol. The number of amides is 2. The van der Waals surface area contributed by atoms with Crippen molar-refractivity contribution in [2.24, 2.45) is 0 Å². The molecule has 0 bridgehead atoms. The van der Waals surface area contributed by atoms with Crippen LogP contribution in [-0.4, -0.2) is 50.9 Å². The number of unbranched alkanes of at least 4 members (excludes halogenated alkanes) is 1. The number of carbonyl (C=O) groups is 2. The van der Waals surface area contributed by atoms with Gasteiger partial charge in [0.15, 0.2) is 0 Å². The van der Waals surface area contributed by atoms with Crippen LogP contribution in [0.15, 0.2) is 83.8 Å². The Kier molecular flexibility index (Phi) is 11.1. The number of carbonyl (C=O) groups excluding carboxylic acids is 2. The largest absolute Gasteiger partial charge is 0.497 e. The summed E-state index contributed by atoms with van der Waals surface area (Å²) in [6.45, 7) is 2.89. The topological polar surface area (TPSA) is 105 Å². The maximum Gasteiger partial charge on any atom is 0.243 e. The van der Waals surface area contributed by atoms with E-state index in [2.05, 4.69) is 17.0 Å². The highest BCUT2D eigenvalue weighted by atomic mass is 32.2. The first kappa shape index (κ1) is 31.3. The summed E-state index contributed by atoms with van der Waals surface area (Å²) < 4.78 is 33.0. The molecule has 2 N–H and O–H groups in total. The predicted molar refractivity (Wildman–Crippen MR) is 164 cm³/mol. The highest BCUT2D eigenvalue weighted by Crippen LogP contribution is 2.23. The molecular formula is C33H41N3O5S. The quantitative estimate of drug-likeness (QED) is 0.237. The predicted octanol–water partition coefficient (Wildman–Crippen LogP) is 4.62. The van der Waals surface area contributed by atoms with E-state index in [9.17, 15) is 18.0 Å². The molecule has 1 aliphatic rings. The molecule has 224 valence electrons. The van der Waals surface area contributed by atoms with Gasteiger partial charge in [0.2, 0.25) is 21.8 Å². The van der Waals surface area contributed by atoms with E-state index in [0.717, 1.165) is 42.4 Å². The number of hydrogen-bond acceptors (Lipinski definition) is 5. The van der Waals surface area contributed by atoms with Gasteiger partial charge in [-0.2, -0.15) is 0 Å². The van der Waals surface area contributed by atoms with E-state index >= 15 is 0 Å². The highest BCUT2D eigenvalue weighted by molar-refractivity contribution is 7.89. The van der Waals surface area contributed by atoms with Crippen LogP contribution >= 0.6 is 0 Å².